The number of H-pyrrole nitrogens is 1. The fourth-order valence-corrected chi connectivity index (χ4v) is 6.46. The molecule has 15 nitrogen and oxygen atoms in total. The molecule has 1 aromatic heterocycles. The minimum Gasteiger partial charge on any atom is -0.492 e. The van der Waals surface area contributed by atoms with Crippen molar-refractivity contribution in [3.8, 4) is 5.75 Å². The molecular weight excluding hydrogens is 682 g/mol. The smallest absolute Gasteiger partial charge is 0.246 e. The van der Waals surface area contributed by atoms with Crippen LogP contribution in [-0.4, -0.2) is 135 Å². The Balaban J connectivity index is 1.51. The van der Waals surface area contributed by atoms with E-state index in [4.69, 9.17) is 14.2 Å². The van der Waals surface area contributed by atoms with Crippen LogP contribution in [0.2, 0.25) is 0 Å². The first kappa shape index (κ1) is 39.2. The minimum absolute atomic E-state index is 0.0411. The van der Waals surface area contributed by atoms with E-state index in [2.05, 4.69) is 26.3 Å². The number of carbonyl (C=O) groups excluding carboxylic acids is 5. The van der Waals surface area contributed by atoms with Crippen LogP contribution in [0.1, 0.15) is 25.0 Å². The summed E-state index contributed by atoms with van der Waals surface area (Å²) in [4.78, 5) is 75.6. The second-order valence-corrected chi connectivity index (χ2v) is 13.8. The molecular formula is C38H51N7O8. The van der Waals surface area contributed by atoms with Gasteiger partial charge in [0.1, 0.15) is 36.5 Å². The lowest BCUT2D eigenvalue weighted by atomic mass is 10.0. The molecule has 0 saturated carbocycles. The van der Waals surface area contributed by atoms with Gasteiger partial charge in [0.15, 0.2) is 0 Å². The first-order valence-electron chi connectivity index (χ1n) is 18.0. The van der Waals surface area contributed by atoms with E-state index in [0.29, 0.717) is 18.9 Å². The van der Waals surface area contributed by atoms with Gasteiger partial charge in [-0.3, -0.25) is 28.9 Å². The van der Waals surface area contributed by atoms with Crippen molar-refractivity contribution < 1.29 is 38.2 Å². The van der Waals surface area contributed by atoms with Gasteiger partial charge in [-0.1, -0.05) is 44.2 Å². The van der Waals surface area contributed by atoms with Crippen LogP contribution < -0.4 is 26.0 Å². The van der Waals surface area contributed by atoms with Crippen LogP contribution in [0.3, 0.4) is 0 Å². The zero-order valence-electron chi connectivity index (χ0n) is 30.8. The van der Waals surface area contributed by atoms with E-state index in [1.807, 2.05) is 50.1 Å². The summed E-state index contributed by atoms with van der Waals surface area (Å²) >= 11 is 0. The molecule has 286 valence electrons. The van der Waals surface area contributed by atoms with E-state index < -0.39 is 41.9 Å². The number of nitrogens with one attached hydrogen (secondary N) is 5. The molecule has 0 spiro atoms. The molecule has 4 atom stereocenters. The molecule has 6 rings (SSSR count). The van der Waals surface area contributed by atoms with E-state index in [-0.39, 0.29) is 70.0 Å². The highest BCUT2D eigenvalue weighted by Gasteiger charge is 2.35. The Labute approximate surface area is 309 Å². The van der Waals surface area contributed by atoms with Crippen molar-refractivity contribution >= 4 is 40.4 Å². The third kappa shape index (κ3) is 10.6. The van der Waals surface area contributed by atoms with Gasteiger partial charge in [-0.2, -0.15) is 0 Å². The summed E-state index contributed by atoms with van der Waals surface area (Å²) in [6.45, 7) is 5.02. The fraction of sp³-hybridized carbons (Fsp3) is 0.500. The second kappa shape index (κ2) is 18.7. The third-order valence-electron chi connectivity index (χ3n) is 9.56. The maximum atomic E-state index is 14.5. The highest BCUT2D eigenvalue weighted by Crippen LogP contribution is 2.21. The monoisotopic (exact) mass is 733 g/mol. The maximum Gasteiger partial charge on any atom is 0.246 e. The van der Waals surface area contributed by atoms with Crippen molar-refractivity contribution in [3.05, 3.63) is 65.9 Å². The topological polar surface area (TPSA) is 183 Å². The molecule has 3 aliphatic heterocycles. The SMILES string of the molecule is COCCN1CC(=O)N[C@@H](C(C)C)C(=O)NCCOc2ccc(cc2)C[C@H](NC(=O)[C@@H]2COCCN2C)C(=O)N[C@@H](Cc2c[nH]c3ccccc23)C1=O. The normalized spacial score (nSPS) is 22.9. The summed E-state index contributed by atoms with van der Waals surface area (Å²) in [5.74, 6) is -2.09. The molecule has 53 heavy (non-hydrogen) atoms. The molecule has 1 saturated heterocycles. The summed E-state index contributed by atoms with van der Waals surface area (Å²) in [5, 5.41) is 12.4. The van der Waals surface area contributed by atoms with Crippen LogP contribution in [0.4, 0.5) is 0 Å². The maximum absolute atomic E-state index is 14.5. The molecule has 5 N–H and O–H groups in total. The largest absolute Gasteiger partial charge is 0.492 e. The van der Waals surface area contributed by atoms with E-state index in [9.17, 15) is 24.0 Å². The summed E-state index contributed by atoms with van der Waals surface area (Å²) in [6.07, 6.45) is 2.00. The molecule has 1 fully saturated rings. The molecule has 15 heteroatoms. The van der Waals surface area contributed by atoms with Crippen LogP contribution in [0.5, 0.6) is 5.75 Å². The summed E-state index contributed by atoms with van der Waals surface area (Å²) in [6, 6.07) is 11.1. The van der Waals surface area contributed by atoms with E-state index in [0.717, 1.165) is 22.0 Å². The zero-order chi connectivity index (χ0) is 37.9. The van der Waals surface area contributed by atoms with Gasteiger partial charge >= 0.3 is 0 Å². The molecule has 0 radical (unpaired) electrons. The van der Waals surface area contributed by atoms with E-state index >= 15 is 0 Å². The van der Waals surface area contributed by atoms with Crippen LogP contribution in [0.25, 0.3) is 10.9 Å². The first-order valence-corrected chi connectivity index (χ1v) is 18.0. The second-order valence-electron chi connectivity index (χ2n) is 13.8. The number of para-hydroxylation sites is 1. The number of likely N-dealkylation sites (N-methyl/N-ethyl adjacent to an activating group) is 1. The van der Waals surface area contributed by atoms with Gasteiger partial charge in [0.05, 0.1) is 32.9 Å². The Morgan fingerprint density at radius 1 is 1.02 bits per heavy atom. The van der Waals surface area contributed by atoms with Crippen molar-refractivity contribution in [3.63, 3.8) is 0 Å². The predicted molar refractivity (Wildman–Crippen MR) is 197 cm³/mol. The van der Waals surface area contributed by atoms with Crippen molar-refractivity contribution in [2.75, 3.05) is 66.8 Å². The highest BCUT2D eigenvalue weighted by molar-refractivity contribution is 5.96. The van der Waals surface area contributed by atoms with E-state index in [1.165, 1.54) is 12.0 Å². The molecule has 4 heterocycles. The van der Waals surface area contributed by atoms with Gasteiger partial charge in [-0.25, -0.2) is 0 Å². The van der Waals surface area contributed by atoms with Crippen LogP contribution >= 0.6 is 0 Å². The standard InChI is InChI=1S/C38H51N7O8/c1-24(2)34-37(49)39-13-16-53-27-11-9-25(10-12-27)19-30(41-36(48)32-23-52-18-14-44(32)3)35(47)42-31(20-26-21-40-29-8-6-5-7-28(26)29)38(50)45(15-17-51-4)22-33(46)43-34/h5-12,21,24,30-32,34,40H,13-20,22-23H2,1-4H3,(H,39,49)(H,41,48)(H,42,47)(H,43,46)/t30-,31-,32-,34-/m0/s1. The predicted octanol–water partition coefficient (Wildman–Crippen LogP) is 0.378. The molecule has 0 unspecified atom stereocenters. The molecule has 5 amide bonds. The Morgan fingerprint density at radius 2 is 1.79 bits per heavy atom. The molecule has 3 aromatic rings. The number of carbonyl (C=O) groups is 5. The summed E-state index contributed by atoms with van der Waals surface area (Å²) in [7, 11) is 3.31. The lowest BCUT2D eigenvalue weighted by Gasteiger charge is -2.33. The number of benzene rings is 2. The number of hydrogen-bond acceptors (Lipinski definition) is 9. The Kier molecular flexibility index (Phi) is 13.8. The number of ether oxygens (including phenoxy) is 3. The van der Waals surface area contributed by atoms with Gasteiger partial charge in [-0.05, 0) is 42.3 Å². The molecule has 0 aliphatic carbocycles. The highest BCUT2D eigenvalue weighted by atomic mass is 16.5. The van der Waals surface area contributed by atoms with Gasteiger partial charge in [0.2, 0.25) is 29.5 Å². The van der Waals surface area contributed by atoms with Crippen LogP contribution in [0.15, 0.2) is 54.7 Å². The van der Waals surface area contributed by atoms with Gasteiger partial charge in [0.25, 0.3) is 0 Å². The number of morpholine rings is 1. The number of fused-ring (bicyclic) bond motifs is 18. The molecule has 2 bridgehead atoms. The lowest BCUT2D eigenvalue weighted by molar-refractivity contribution is -0.141. The lowest BCUT2D eigenvalue weighted by Crippen LogP contribution is -2.60. The van der Waals surface area contributed by atoms with Crippen LogP contribution in [0, 0.1) is 5.92 Å². The number of hydrogen-bond donors (Lipinski definition) is 5. The Bertz CT molecular complexity index is 1730. The van der Waals surface area contributed by atoms with Crippen molar-refractivity contribution in [2.24, 2.45) is 5.92 Å². The zero-order valence-corrected chi connectivity index (χ0v) is 30.8. The van der Waals surface area contributed by atoms with Crippen LogP contribution in [-0.2, 0) is 46.3 Å². The third-order valence-corrected chi connectivity index (χ3v) is 9.56. The first-order chi connectivity index (χ1) is 25.5. The average molecular weight is 734 g/mol. The number of nitrogens with zero attached hydrogens (tertiary/aromatic N) is 2. The summed E-state index contributed by atoms with van der Waals surface area (Å²) in [5.41, 5.74) is 2.38. The number of methoxy groups -OCH3 is 1. The minimum atomic E-state index is -1.14. The summed E-state index contributed by atoms with van der Waals surface area (Å²) < 4.78 is 16.7. The number of amides is 5. The molecule has 3 aliphatic rings. The number of rotatable bonds is 8. The van der Waals surface area contributed by atoms with Crippen molar-refractivity contribution in [2.45, 2.75) is 50.9 Å². The van der Waals surface area contributed by atoms with Gasteiger partial charge in [0, 0.05) is 50.1 Å². The number of aromatic nitrogens is 1. The fourth-order valence-electron chi connectivity index (χ4n) is 6.46. The van der Waals surface area contributed by atoms with Crippen molar-refractivity contribution in [1.82, 2.24) is 36.1 Å². The van der Waals surface area contributed by atoms with Gasteiger partial charge in [-0.15, -0.1) is 0 Å². The van der Waals surface area contributed by atoms with Crippen molar-refractivity contribution in [1.29, 1.82) is 0 Å². The average Bonchev–Trinajstić information content (AvgIpc) is 3.55. The van der Waals surface area contributed by atoms with Gasteiger partial charge < -0.3 is 45.4 Å². The van der Waals surface area contributed by atoms with E-state index in [1.54, 1.807) is 30.5 Å². The Hall–Kier alpha value is -4.99. The quantitative estimate of drug-likeness (QED) is 0.205. The Morgan fingerprint density at radius 3 is 2.53 bits per heavy atom. The molecule has 2 aromatic carbocycles. The number of aromatic amines is 1.